The van der Waals surface area contributed by atoms with Crippen molar-refractivity contribution in [1.29, 1.82) is 0 Å². The smallest absolute Gasteiger partial charge is 0.249 e. The first-order chi connectivity index (χ1) is 14.8. The van der Waals surface area contributed by atoms with Crippen LogP contribution in [0, 0.1) is 5.92 Å². The van der Waals surface area contributed by atoms with E-state index in [4.69, 9.17) is 9.26 Å². The summed E-state index contributed by atoms with van der Waals surface area (Å²) in [5, 5.41) is 5.23. The van der Waals surface area contributed by atoms with Crippen LogP contribution in [0.1, 0.15) is 55.4 Å². The Balaban J connectivity index is 1.24. The minimum Gasteiger partial charge on any atom is -0.381 e. The molecule has 1 amide bonds. The van der Waals surface area contributed by atoms with Crippen molar-refractivity contribution in [3.8, 4) is 0 Å². The molecular formula is C23H28N4O3. The number of likely N-dealkylation sites (tertiary alicyclic amines) is 1. The van der Waals surface area contributed by atoms with Gasteiger partial charge in [-0.1, -0.05) is 23.4 Å². The Hall–Kier alpha value is -2.67. The second-order valence-electron chi connectivity index (χ2n) is 8.45. The highest BCUT2D eigenvalue weighted by Crippen LogP contribution is 2.31. The van der Waals surface area contributed by atoms with E-state index in [2.05, 4.69) is 21.2 Å². The Bertz CT molecular complexity index is 1010. The summed E-state index contributed by atoms with van der Waals surface area (Å²) in [5.41, 5.74) is 2.08. The minimum absolute atomic E-state index is 0.108. The zero-order chi connectivity index (χ0) is 20.3. The van der Waals surface area contributed by atoms with Gasteiger partial charge in [0.2, 0.25) is 11.8 Å². The van der Waals surface area contributed by atoms with Crippen molar-refractivity contribution in [3.63, 3.8) is 0 Å². The number of aromatic nitrogens is 3. The average molecular weight is 409 g/mol. The molecule has 0 radical (unpaired) electrons. The number of nitrogens with zero attached hydrogens (tertiary/aromatic N) is 3. The van der Waals surface area contributed by atoms with E-state index in [1.54, 1.807) is 0 Å². The summed E-state index contributed by atoms with van der Waals surface area (Å²) in [7, 11) is 0. The number of piperidine rings is 1. The van der Waals surface area contributed by atoms with Crippen LogP contribution in [0.5, 0.6) is 0 Å². The first kappa shape index (κ1) is 19.3. The van der Waals surface area contributed by atoms with E-state index in [1.165, 1.54) is 12.8 Å². The predicted octanol–water partition coefficient (Wildman–Crippen LogP) is 3.82. The lowest BCUT2D eigenvalue weighted by atomic mass is 10.0. The van der Waals surface area contributed by atoms with Crippen LogP contribution in [0.3, 0.4) is 0 Å². The highest BCUT2D eigenvalue weighted by atomic mass is 16.5. The first-order valence-electron chi connectivity index (χ1n) is 11.0. The Morgan fingerprint density at radius 3 is 3.03 bits per heavy atom. The quantitative estimate of drug-likeness (QED) is 0.573. The molecule has 3 aromatic rings. The van der Waals surface area contributed by atoms with Crippen LogP contribution in [-0.4, -0.2) is 45.7 Å². The summed E-state index contributed by atoms with van der Waals surface area (Å²) in [6, 6.07) is 7.95. The van der Waals surface area contributed by atoms with Crippen LogP contribution in [0.2, 0.25) is 0 Å². The van der Waals surface area contributed by atoms with Crippen LogP contribution in [0.15, 0.2) is 35.0 Å². The number of amides is 1. The number of aromatic amines is 1. The third-order valence-corrected chi connectivity index (χ3v) is 6.13. The molecule has 1 aliphatic heterocycles. The zero-order valence-corrected chi connectivity index (χ0v) is 17.2. The fourth-order valence-electron chi connectivity index (χ4n) is 4.23. The Kier molecular flexibility index (Phi) is 5.53. The van der Waals surface area contributed by atoms with Gasteiger partial charge in [0, 0.05) is 36.7 Å². The molecule has 158 valence electrons. The number of carbonyl (C=O) groups excluding carboxylic acids is 1. The molecule has 1 aromatic carbocycles. The summed E-state index contributed by atoms with van der Waals surface area (Å²) in [6.45, 7) is 2.18. The number of H-pyrrole nitrogens is 1. The SMILES string of the molecule is O=C(Cc1c[nH]c2ccccc12)N1CCCCC1c1nc(CCOCC2CC2)no1. The number of ether oxygens (including phenoxy) is 1. The number of rotatable bonds is 8. The maximum absolute atomic E-state index is 13.2. The second kappa shape index (κ2) is 8.60. The van der Waals surface area contributed by atoms with Crippen LogP contribution in [-0.2, 0) is 22.4 Å². The zero-order valence-electron chi connectivity index (χ0n) is 17.2. The molecule has 2 fully saturated rings. The predicted molar refractivity (Wildman–Crippen MR) is 112 cm³/mol. The van der Waals surface area contributed by atoms with Gasteiger partial charge in [-0.2, -0.15) is 4.98 Å². The topological polar surface area (TPSA) is 84.2 Å². The number of para-hydroxylation sites is 1. The molecule has 7 nitrogen and oxygen atoms in total. The average Bonchev–Trinajstić information content (AvgIpc) is 3.34. The van der Waals surface area contributed by atoms with Crippen molar-refractivity contribution < 1.29 is 14.1 Å². The lowest BCUT2D eigenvalue weighted by molar-refractivity contribution is -0.135. The number of carbonyl (C=O) groups is 1. The fraction of sp³-hybridized carbons (Fsp3) is 0.522. The molecule has 7 heteroatoms. The van der Waals surface area contributed by atoms with Crippen molar-refractivity contribution >= 4 is 16.8 Å². The van der Waals surface area contributed by atoms with Crippen LogP contribution in [0.25, 0.3) is 10.9 Å². The van der Waals surface area contributed by atoms with Gasteiger partial charge in [0.15, 0.2) is 5.82 Å². The number of nitrogens with one attached hydrogen (secondary N) is 1. The second-order valence-corrected chi connectivity index (χ2v) is 8.45. The summed E-state index contributed by atoms with van der Waals surface area (Å²) in [5.74, 6) is 2.08. The van der Waals surface area contributed by atoms with E-state index in [0.29, 0.717) is 31.2 Å². The first-order valence-corrected chi connectivity index (χ1v) is 11.0. The molecular weight excluding hydrogens is 380 g/mol. The highest BCUT2D eigenvalue weighted by molar-refractivity contribution is 5.89. The molecule has 1 atom stereocenters. The molecule has 30 heavy (non-hydrogen) atoms. The molecule has 1 aliphatic carbocycles. The standard InChI is InChI=1S/C23H28N4O3/c28-22(13-17-14-24-19-6-2-1-5-18(17)19)27-11-4-3-7-20(27)23-25-21(26-30-23)10-12-29-15-16-8-9-16/h1-2,5-6,14,16,20,24H,3-4,7-13,15H2. The molecule has 1 saturated heterocycles. The Labute approximate surface area is 175 Å². The molecule has 2 aromatic heterocycles. The summed E-state index contributed by atoms with van der Waals surface area (Å²) in [4.78, 5) is 22.9. The molecule has 1 saturated carbocycles. The lowest BCUT2D eigenvalue weighted by Gasteiger charge is -2.33. The van der Waals surface area contributed by atoms with Crippen molar-refractivity contribution in [2.45, 2.75) is 51.0 Å². The molecule has 2 aliphatic rings. The van der Waals surface area contributed by atoms with Gasteiger partial charge >= 0.3 is 0 Å². The molecule has 1 unspecified atom stereocenters. The minimum atomic E-state index is -0.134. The number of hydrogen-bond donors (Lipinski definition) is 1. The lowest BCUT2D eigenvalue weighted by Crippen LogP contribution is -2.39. The summed E-state index contributed by atoms with van der Waals surface area (Å²) >= 11 is 0. The van der Waals surface area contributed by atoms with Gasteiger partial charge in [-0.3, -0.25) is 4.79 Å². The normalized spacial score (nSPS) is 19.5. The maximum Gasteiger partial charge on any atom is 0.249 e. The van der Waals surface area contributed by atoms with Crippen LogP contribution < -0.4 is 0 Å². The maximum atomic E-state index is 13.2. The third-order valence-electron chi connectivity index (χ3n) is 6.13. The van der Waals surface area contributed by atoms with Crippen molar-refractivity contribution in [1.82, 2.24) is 20.0 Å². The molecule has 5 rings (SSSR count). The number of benzene rings is 1. The molecule has 0 spiro atoms. The van der Waals surface area contributed by atoms with E-state index < -0.39 is 0 Å². The summed E-state index contributed by atoms with van der Waals surface area (Å²) in [6.07, 6.45) is 8.46. The third kappa shape index (κ3) is 4.26. The number of fused-ring (bicyclic) bond motifs is 1. The summed E-state index contributed by atoms with van der Waals surface area (Å²) < 4.78 is 11.2. The van der Waals surface area contributed by atoms with Crippen LogP contribution >= 0.6 is 0 Å². The van der Waals surface area contributed by atoms with E-state index in [9.17, 15) is 4.79 Å². The van der Waals surface area contributed by atoms with Crippen molar-refractivity contribution in [3.05, 3.63) is 47.7 Å². The molecule has 3 heterocycles. The largest absolute Gasteiger partial charge is 0.381 e. The van der Waals surface area contributed by atoms with E-state index in [0.717, 1.165) is 54.8 Å². The van der Waals surface area contributed by atoms with E-state index in [1.807, 2.05) is 29.3 Å². The van der Waals surface area contributed by atoms with E-state index >= 15 is 0 Å². The van der Waals surface area contributed by atoms with Crippen molar-refractivity contribution in [2.24, 2.45) is 5.92 Å². The van der Waals surface area contributed by atoms with Gasteiger partial charge in [0.25, 0.3) is 0 Å². The van der Waals surface area contributed by atoms with Gasteiger partial charge in [-0.05, 0) is 49.7 Å². The van der Waals surface area contributed by atoms with Gasteiger partial charge in [-0.25, -0.2) is 0 Å². The van der Waals surface area contributed by atoms with Gasteiger partial charge in [-0.15, -0.1) is 0 Å². The van der Waals surface area contributed by atoms with Crippen molar-refractivity contribution in [2.75, 3.05) is 19.8 Å². The number of hydrogen-bond acceptors (Lipinski definition) is 5. The van der Waals surface area contributed by atoms with E-state index in [-0.39, 0.29) is 11.9 Å². The highest BCUT2D eigenvalue weighted by Gasteiger charge is 2.32. The molecule has 0 bridgehead atoms. The van der Waals surface area contributed by atoms with Gasteiger partial charge in [0.1, 0.15) is 6.04 Å². The van der Waals surface area contributed by atoms with Crippen LogP contribution in [0.4, 0.5) is 0 Å². The van der Waals surface area contributed by atoms with Gasteiger partial charge in [0.05, 0.1) is 13.0 Å². The monoisotopic (exact) mass is 408 g/mol. The fourth-order valence-corrected chi connectivity index (χ4v) is 4.23. The Morgan fingerprint density at radius 2 is 2.13 bits per heavy atom. The molecule has 1 N–H and O–H groups in total. The Morgan fingerprint density at radius 1 is 1.23 bits per heavy atom. The van der Waals surface area contributed by atoms with Gasteiger partial charge < -0.3 is 19.1 Å².